The van der Waals surface area contributed by atoms with Gasteiger partial charge >= 0.3 is 0 Å². The Labute approximate surface area is 176 Å². The number of hydrogen-bond donors (Lipinski definition) is 3. The zero-order chi connectivity index (χ0) is 21.8. The lowest BCUT2D eigenvalue weighted by molar-refractivity contribution is 0.280. The maximum atomic E-state index is 10.3. The maximum Gasteiger partial charge on any atom is 0.176 e. The summed E-state index contributed by atoms with van der Waals surface area (Å²) < 4.78 is 0. The number of allylic oxidation sites excluding steroid dienone is 1. The molecule has 3 aromatic rings. The molecular formula is C20H17ClN6O3. The molecule has 0 amide bonds. The topological polar surface area (TPSA) is 139 Å². The lowest BCUT2D eigenvalue weighted by atomic mass is 10.1. The fourth-order valence-corrected chi connectivity index (χ4v) is 2.86. The Morgan fingerprint density at radius 1 is 1.33 bits per heavy atom. The smallest absolute Gasteiger partial charge is 0.176 e. The number of aliphatic hydroxyl groups is 2. The number of nitriles is 1. The minimum Gasteiger partial charge on any atom is -0.514 e. The van der Waals surface area contributed by atoms with Crippen molar-refractivity contribution in [1.82, 2.24) is 15.0 Å². The van der Waals surface area contributed by atoms with Gasteiger partial charge in [-0.2, -0.15) is 10.4 Å². The minimum absolute atomic E-state index is 0.104. The number of halogens is 1. The van der Waals surface area contributed by atoms with E-state index in [4.69, 9.17) is 11.6 Å². The highest BCUT2D eigenvalue weighted by atomic mass is 35.5. The van der Waals surface area contributed by atoms with Gasteiger partial charge in [-0.05, 0) is 25.1 Å². The van der Waals surface area contributed by atoms with Crippen molar-refractivity contribution in [3.05, 3.63) is 58.2 Å². The monoisotopic (exact) mass is 424 g/mol. The van der Waals surface area contributed by atoms with Gasteiger partial charge in [0.2, 0.25) is 0 Å². The van der Waals surface area contributed by atoms with E-state index in [1.165, 1.54) is 17.4 Å². The predicted molar refractivity (Wildman–Crippen MR) is 113 cm³/mol. The van der Waals surface area contributed by atoms with E-state index < -0.39 is 0 Å². The fraction of sp³-hybridized carbons (Fsp3) is 0.150. The number of hydrazone groups is 1. The molecule has 3 N–H and O–H groups in total. The molecule has 0 saturated heterocycles. The first kappa shape index (κ1) is 21.0. The number of benzene rings is 1. The Balaban J connectivity index is 2.13. The molecule has 9 nitrogen and oxygen atoms in total. The molecular weight excluding hydrogens is 408 g/mol. The van der Waals surface area contributed by atoms with E-state index in [-0.39, 0.29) is 29.4 Å². The van der Waals surface area contributed by atoms with Gasteiger partial charge in [-0.15, -0.1) is 0 Å². The van der Waals surface area contributed by atoms with Crippen LogP contribution in [0.25, 0.3) is 16.6 Å². The molecule has 30 heavy (non-hydrogen) atoms. The van der Waals surface area contributed by atoms with Crippen molar-refractivity contribution in [3.8, 4) is 11.8 Å². The van der Waals surface area contributed by atoms with Crippen LogP contribution >= 0.6 is 11.6 Å². The quantitative estimate of drug-likeness (QED) is 0.246. The third kappa shape index (κ3) is 4.00. The van der Waals surface area contributed by atoms with Gasteiger partial charge in [0.15, 0.2) is 5.82 Å². The summed E-state index contributed by atoms with van der Waals surface area (Å²) in [4.78, 5) is 12.9. The third-order valence-corrected chi connectivity index (χ3v) is 4.54. The second-order valence-corrected chi connectivity index (χ2v) is 6.68. The highest BCUT2D eigenvalue weighted by Crippen LogP contribution is 2.28. The number of rotatable bonds is 5. The van der Waals surface area contributed by atoms with Crippen LogP contribution in [0.15, 0.2) is 35.8 Å². The first-order valence-electron chi connectivity index (χ1n) is 8.67. The van der Waals surface area contributed by atoms with E-state index in [0.717, 1.165) is 0 Å². The van der Waals surface area contributed by atoms with Gasteiger partial charge in [-0.1, -0.05) is 11.6 Å². The number of pyridine rings is 1. The van der Waals surface area contributed by atoms with E-state index in [2.05, 4.69) is 20.1 Å². The maximum absolute atomic E-state index is 10.3. The fourth-order valence-electron chi connectivity index (χ4n) is 2.69. The summed E-state index contributed by atoms with van der Waals surface area (Å²) in [7, 11) is 1.57. The summed E-state index contributed by atoms with van der Waals surface area (Å²) in [6.45, 7) is 1.29. The van der Waals surface area contributed by atoms with Crippen LogP contribution < -0.4 is 5.01 Å². The average molecular weight is 425 g/mol. The van der Waals surface area contributed by atoms with Crippen molar-refractivity contribution in [1.29, 1.82) is 5.26 Å². The average Bonchev–Trinajstić information content (AvgIpc) is 2.74. The molecule has 10 heteroatoms. The highest BCUT2D eigenvalue weighted by Gasteiger charge is 2.18. The molecule has 3 rings (SSSR count). The molecule has 0 radical (unpaired) electrons. The number of aromatic hydroxyl groups is 1. The van der Waals surface area contributed by atoms with Crippen LogP contribution in [0.1, 0.15) is 22.5 Å². The summed E-state index contributed by atoms with van der Waals surface area (Å²) in [6, 6.07) is 6.79. The Morgan fingerprint density at radius 3 is 2.77 bits per heavy atom. The second kappa shape index (κ2) is 8.73. The Morgan fingerprint density at radius 2 is 2.10 bits per heavy atom. The summed E-state index contributed by atoms with van der Waals surface area (Å²) in [5.41, 5.74) is 2.02. The normalized spacial score (nSPS) is 11.8. The number of aliphatic hydroxyl groups excluding tert-OH is 2. The summed E-state index contributed by atoms with van der Waals surface area (Å²) in [5, 5.41) is 44.7. The van der Waals surface area contributed by atoms with Crippen molar-refractivity contribution in [2.45, 2.75) is 13.5 Å². The van der Waals surface area contributed by atoms with Crippen molar-refractivity contribution in [2.24, 2.45) is 5.10 Å². The molecule has 2 aromatic heterocycles. The molecule has 2 heterocycles. The van der Waals surface area contributed by atoms with Gasteiger partial charge in [0.1, 0.15) is 23.1 Å². The number of fused-ring (bicyclic) bond motifs is 1. The van der Waals surface area contributed by atoms with Crippen molar-refractivity contribution >= 4 is 40.2 Å². The predicted octanol–water partition coefficient (Wildman–Crippen LogP) is 3.08. The summed E-state index contributed by atoms with van der Waals surface area (Å²) in [5.74, 6) is 0.0878. The van der Waals surface area contributed by atoms with E-state index in [0.29, 0.717) is 39.1 Å². The molecule has 0 saturated carbocycles. The Hall–Kier alpha value is -3.74. The molecule has 0 fully saturated rings. The molecule has 152 valence electrons. The number of aryl methyl sites for hydroxylation is 1. The zero-order valence-corrected chi connectivity index (χ0v) is 16.8. The largest absolute Gasteiger partial charge is 0.514 e. The summed E-state index contributed by atoms with van der Waals surface area (Å²) in [6.07, 6.45) is 3.44. The van der Waals surface area contributed by atoms with Crippen LogP contribution in [0.2, 0.25) is 5.02 Å². The van der Waals surface area contributed by atoms with Crippen LogP contribution in [0.3, 0.4) is 0 Å². The number of hydrogen-bond acceptors (Lipinski definition) is 9. The molecule has 1 aromatic carbocycles. The van der Waals surface area contributed by atoms with Gasteiger partial charge in [0.05, 0.1) is 35.8 Å². The Bertz CT molecular complexity index is 1220. The van der Waals surface area contributed by atoms with Gasteiger partial charge in [-0.25, -0.2) is 15.0 Å². The first-order valence-corrected chi connectivity index (χ1v) is 9.05. The number of anilines is 1. The zero-order valence-electron chi connectivity index (χ0n) is 16.1. The van der Waals surface area contributed by atoms with Gasteiger partial charge in [0.25, 0.3) is 0 Å². The van der Waals surface area contributed by atoms with Gasteiger partial charge < -0.3 is 15.3 Å². The van der Waals surface area contributed by atoms with E-state index in [1.807, 2.05) is 6.07 Å². The molecule has 0 bridgehead atoms. The third-order valence-electron chi connectivity index (χ3n) is 4.31. The first-order chi connectivity index (χ1) is 14.4. The second-order valence-electron chi connectivity index (χ2n) is 6.24. The lowest BCUT2D eigenvalue weighted by Gasteiger charge is -2.16. The minimum atomic E-state index is -0.334. The molecule has 0 atom stereocenters. The highest BCUT2D eigenvalue weighted by molar-refractivity contribution is 6.31. The van der Waals surface area contributed by atoms with Crippen molar-refractivity contribution in [2.75, 3.05) is 12.1 Å². The van der Waals surface area contributed by atoms with Crippen LogP contribution in [0, 0.1) is 18.3 Å². The summed E-state index contributed by atoms with van der Waals surface area (Å²) >= 11 is 6.01. The van der Waals surface area contributed by atoms with E-state index >= 15 is 0 Å². The van der Waals surface area contributed by atoms with Crippen LogP contribution in [-0.4, -0.2) is 43.5 Å². The van der Waals surface area contributed by atoms with E-state index in [1.54, 1.807) is 32.2 Å². The number of nitrogens with zero attached hydrogens (tertiary/aromatic N) is 6. The lowest BCUT2D eigenvalue weighted by Crippen LogP contribution is -2.15. The van der Waals surface area contributed by atoms with E-state index in [9.17, 15) is 20.6 Å². The molecule has 0 unspecified atom stereocenters. The van der Waals surface area contributed by atoms with Gasteiger partial charge in [-0.3, -0.25) is 4.98 Å². The standard InChI is InChI=1S/C20H17ClN6O3/c1-11-19(30)15(13(10-29)7-23-11)8-24-27(2)20-18(12(6-22)9-28)25-17-5-14(21)3-4-16(17)26-20/h3-5,7-9,28-30H,10H2,1-2H3/b12-9+,24-8+. The van der Waals surface area contributed by atoms with Crippen molar-refractivity contribution < 1.29 is 15.3 Å². The Kier molecular flexibility index (Phi) is 6.11. The van der Waals surface area contributed by atoms with Gasteiger partial charge in [0, 0.05) is 29.4 Å². The van der Waals surface area contributed by atoms with Crippen molar-refractivity contribution in [3.63, 3.8) is 0 Å². The number of aromatic nitrogens is 3. The molecule has 0 aliphatic rings. The molecule has 0 aliphatic heterocycles. The SMILES string of the molecule is Cc1ncc(CO)c(/C=N/N(C)c2nc3ccc(Cl)cc3nc2/C(C#N)=C/O)c1O. The van der Waals surface area contributed by atoms with Crippen LogP contribution in [0.5, 0.6) is 5.75 Å². The van der Waals surface area contributed by atoms with Crippen LogP contribution in [0.4, 0.5) is 5.82 Å². The molecule has 0 spiro atoms. The van der Waals surface area contributed by atoms with Crippen LogP contribution in [-0.2, 0) is 6.61 Å². The molecule has 0 aliphatic carbocycles.